The molecule has 2 aliphatic rings. The first-order valence-electron chi connectivity index (χ1n) is 5.72. The van der Waals surface area contributed by atoms with Crippen molar-refractivity contribution in [3.05, 3.63) is 34.9 Å². The van der Waals surface area contributed by atoms with Crippen LogP contribution in [0.3, 0.4) is 0 Å². The van der Waals surface area contributed by atoms with Crippen molar-refractivity contribution in [2.45, 2.75) is 6.42 Å². The molecule has 1 saturated heterocycles. The maximum absolute atomic E-state index is 11.9. The zero-order chi connectivity index (χ0) is 12.9. The van der Waals surface area contributed by atoms with Gasteiger partial charge >= 0.3 is 0 Å². The van der Waals surface area contributed by atoms with E-state index in [-0.39, 0.29) is 36.0 Å². The minimum atomic E-state index is -0.241. The topological polar surface area (TPSA) is 54.5 Å². The molecule has 2 amide bonds. The zero-order valence-electron chi connectivity index (χ0n) is 9.43. The highest BCUT2D eigenvalue weighted by molar-refractivity contribution is 6.30. The van der Waals surface area contributed by atoms with Crippen molar-refractivity contribution in [3.8, 4) is 0 Å². The smallest absolute Gasteiger partial charge is 0.233 e. The van der Waals surface area contributed by atoms with Crippen LogP contribution in [-0.4, -0.2) is 29.0 Å². The van der Waals surface area contributed by atoms with Gasteiger partial charge in [-0.3, -0.25) is 19.3 Å². The van der Waals surface area contributed by atoms with E-state index in [4.69, 9.17) is 11.6 Å². The van der Waals surface area contributed by atoms with Crippen molar-refractivity contribution in [3.63, 3.8) is 0 Å². The van der Waals surface area contributed by atoms with Gasteiger partial charge < -0.3 is 0 Å². The predicted molar refractivity (Wildman–Crippen MR) is 64.1 cm³/mol. The van der Waals surface area contributed by atoms with Crippen LogP contribution in [0.2, 0.25) is 5.02 Å². The highest BCUT2D eigenvalue weighted by atomic mass is 35.5. The van der Waals surface area contributed by atoms with Gasteiger partial charge in [0.05, 0.1) is 18.4 Å². The molecule has 5 heteroatoms. The largest absolute Gasteiger partial charge is 0.292 e. The van der Waals surface area contributed by atoms with Crippen molar-refractivity contribution in [1.82, 2.24) is 4.90 Å². The van der Waals surface area contributed by atoms with Crippen LogP contribution in [0.4, 0.5) is 0 Å². The van der Waals surface area contributed by atoms with Gasteiger partial charge in [0.1, 0.15) is 0 Å². The molecule has 2 fully saturated rings. The van der Waals surface area contributed by atoms with E-state index >= 15 is 0 Å². The van der Waals surface area contributed by atoms with Crippen LogP contribution in [0.1, 0.15) is 16.8 Å². The molecule has 4 nitrogen and oxygen atoms in total. The number of ketones is 1. The standard InChI is InChI=1S/C13H10ClNO3/c14-8-3-1-7(2-4-8)11(16)6-15-12(17)9-5-10(9)13(15)18/h1-4,9-10H,5-6H2. The van der Waals surface area contributed by atoms with Crippen molar-refractivity contribution in [2.24, 2.45) is 11.8 Å². The number of benzene rings is 1. The first-order valence-corrected chi connectivity index (χ1v) is 6.09. The van der Waals surface area contributed by atoms with Gasteiger partial charge in [-0.05, 0) is 30.7 Å². The lowest BCUT2D eigenvalue weighted by Gasteiger charge is -2.15. The van der Waals surface area contributed by atoms with E-state index in [1.54, 1.807) is 24.3 Å². The molecule has 1 aromatic rings. The van der Waals surface area contributed by atoms with Gasteiger partial charge in [-0.15, -0.1) is 0 Å². The van der Waals surface area contributed by atoms with Crippen LogP contribution in [0.5, 0.6) is 0 Å². The minimum Gasteiger partial charge on any atom is -0.292 e. The molecule has 92 valence electrons. The summed E-state index contributed by atoms with van der Waals surface area (Å²) >= 11 is 5.73. The van der Waals surface area contributed by atoms with Crippen LogP contribution in [-0.2, 0) is 9.59 Å². The third-order valence-corrected chi connectivity index (χ3v) is 3.68. The Labute approximate surface area is 109 Å². The number of imide groups is 1. The number of hydrogen-bond acceptors (Lipinski definition) is 3. The summed E-state index contributed by atoms with van der Waals surface area (Å²) < 4.78 is 0. The lowest BCUT2D eigenvalue weighted by molar-refractivity contribution is -0.140. The van der Waals surface area contributed by atoms with Crippen LogP contribution in [0.25, 0.3) is 0 Å². The molecule has 0 aromatic heterocycles. The molecule has 0 bridgehead atoms. The van der Waals surface area contributed by atoms with E-state index in [9.17, 15) is 14.4 Å². The monoisotopic (exact) mass is 263 g/mol. The maximum Gasteiger partial charge on any atom is 0.233 e. The molecule has 1 aliphatic heterocycles. The number of fused-ring (bicyclic) bond motifs is 1. The quantitative estimate of drug-likeness (QED) is 0.614. The Hall–Kier alpha value is -1.68. The highest BCUT2D eigenvalue weighted by Crippen LogP contribution is 2.46. The van der Waals surface area contributed by atoms with Crippen molar-refractivity contribution in [1.29, 1.82) is 0 Å². The van der Waals surface area contributed by atoms with Crippen molar-refractivity contribution >= 4 is 29.2 Å². The summed E-state index contributed by atoms with van der Waals surface area (Å²) in [7, 11) is 0. The molecule has 0 N–H and O–H groups in total. The Morgan fingerprint density at radius 3 is 2.28 bits per heavy atom. The molecule has 1 saturated carbocycles. The van der Waals surface area contributed by atoms with E-state index in [1.807, 2.05) is 0 Å². The fourth-order valence-electron chi connectivity index (χ4n) is 2.28. The van der Waals surface area contributed by atoms with Crippen LogP contribution in [0.15, 0.2) is 24.3 Å². The fourth-order valence-corrected chi connectivity index (χ4v) is 2.40. The average Bonchev–Trinajstić information content (AvgIpc) is 3.10. The summed E-state index contributed by atoms with van der Waals surface area (Å²) in [4.78, 5) is 36.4. The van der Waals surface area contributed by atoms with Crippen molar-refractivity contribution < 1.29 is 14.4 Å². The summed E-state index contributed by atoms with van der Waals surface area (Å²) in [5.41, 5.74) is 0.459. The number of Topliss-reactive ketones (excluding diaryl/α,β-unsaturated/α-hetero) is 1. The van der Waals surface area contributed by atoms with Gasteiger partial charge in [-0.1, -0.05) is 11.6 Å². The van der Waals surface area contributed by atoms with Gasteiger partial charge in [-0.25, -0.2) is 0 Å². The number of rotatable bonds is 3. The number of piperidine rings is 1. The number of hydrogen-bond donors (Lipinski definition) is 0. The molecule has 1 aromatic carbocycles. The summed E-state index contributed by atoms with van der Waals surface area (Å²) in [6.07, 6.45) is 0.656. The SMILES string of the molecule is O=C(CN1C(=O)C2CC2C1=O)c1ccc(Cl)cc1. The fraction of sp³-hybridized carbons (Fsp3) is 0.308. The molecule has 2 unspecified atom stereocenters. The van der Waals surface area contributed by atoms with Gasteiger partial charge in [0.25, 0.3) is 0 Å². The summed E-state index contributed by atoms with van der Waals surface area (Å²) in [6.45, 7) is -0.160. The first-order chi connectivity index (χ1) is 8.58. The second-order valence-electron chi connectivity index (χ2n) is 4.64. The number of carbonyl (C=O) groups excluding carboxylic acids is 3. The lowest BCUT2D eigenvalue weighted by Crippen LogP contribution is -2.37. The Morgan fingerprint density at radius 1 is 1.17 bits per heavy atom. The minimum absolute atomic E-state index is 0.157. The van der Waals surface area contributed by atoms with Crippen molar-refractivity contribution in [2.75, 3.05) is 6.54 Å². The molecule has 1 aliphatic carbocycles. The van der Waals surface area contributed by atoms with Crippen LogP contribution >= 0.6 is 11.6 Å². The van der Waals surface area contributed by atoms with Gasteiger partial charge in [0, 0.05) is 10.6 Å². The summed E-state index contributed by atoms with van der Waals surface area (Å²) in [5, 5.41) is 0.543. The molecule has 1 heterocycles. The van der Waals surface area contributed by atoms with Crippen LogP contribution < -0.4 is 0 Å². The maximum atomic E-state index is 11.9. The Bertz CT molecular complexity index is 532. The third kappa shape index (κ3) is 1.73. The van der Waals surface area contributed by atoms with Gasteiger partial charge in [0.2, 0.25) is 11.8 Å². The second kappa shape index (κ2) is 3.92. The Balaban J connectivity index is 1.73. The van der Waals surface area contributed by atoms with E-state index in [0.29, 0.717) is 17.0 Å². The Kier molecular flexibility index (Phi) is 2.48. The van der Waals surface area contributed by atoms with Gasteiger partial charge in [0.15, 0.2) is 5.78 Å². The number of amides is 2. The molecule has 2 atom stereocenters. The van der Waals surface area contributed by atoms with E-state index < -0.39 is 0 Å². The van der Waals surface area contributed by atoms with E-state index in [0.717, 1.165) is 4.90 Å². The highest BCUT2D eigenvalue weighted by Gasteiger charge is 2.58. The summed E-state index contributed by atoms with van der Waals surface area (Å²) in [6, 6.07) is 6.41. The molecular formula is C13H10ClNO3. The number of carbonyl (C=O) groups is 3. The number of halogens is 1. The molecule has 0 spiro atoms. The van der Waals surface area contributed by atoms with Crippen LogP contribution in [0, 0.1) is 11.8 Å². The third-order valence-electron chi connectivity index (χ3n) is 3.42. The molecule has 0 radical (unpaired) electrons. The number of likely N-dealkylation sites (tertiary alicyclic amines) is 1. The van der Waals surface area contributed by atoms with E-state index in [1.165, 1.54) is 0 Å². The second-order valence-corrected chi connectivity index (χ2v) is 5.08. The normalized spacial score (nSPS) is 25.3. The number of nitrogens with zero attached hydrogens (tertiary/aromatic N) is 1. The predicted octanol–water partition coefficient (Wildman–Crippen LogP) is 1.53. The first kappa shape index (κ1) is 11.4. The average molecular weight is 264 g/mol. The van der Waals surface area contributed by atoms with Gasteiger partial charge in [-0.2, -0.15) is 0 Å². The lowest BCUT2D eigenvalue weighted by atomic mass is 10.1. The molecular weight excluding hydrogens is 254 g/mol. The zero-order valence-corrected chi connectivity index (χ0v) is 10.2. The Morgan fingerprint density at radius 2 is 1.72 bits per heavy atom. The molecule has 3 rings (SSSR count). The summed E-state index contributed by atoms with van der Waals surface area (Å²) in [5.74, 6) is -0.958. The molecule has 18 heavy (non-hydrogen) atoms. The van der Waals surface area contributed by atoms with E-state index in [2.05, 4.69) is 0 Å².